The first-order chi connectivity index (χ1) is 5.24. The third kappa shape index (κ3) is 2.01. The highest BCUT2D eigenvalue weighted by Crippen LogP contribution is 2.10. The Morgan fingerprint density at radius 2 is 2.36 bits per heavy atom. The van der Waals surface area contributed by atoms with Gasteiger partial charge in [0.1, 0.15) is 0 Å². The van der Waals surface area contributed by atoms with E-state index in [0.717, 1.165) is 0 Å². The lowest BCUT2D eigenvalue weighted by atomic mass is 10.1. The third-order valence-corrected chi connectivity index (χ3v) is 1.59. The summed E-state index contributed by atoms with van der Waals surface area (Å²) in [6.07, 6.45) is 0.277. The molecular formula is C7H11NO3. The largest absolute Gasteiger partial charge is 0.381 e. The van der Waals surface area contributed by atoms with Gasteiger partial charge in [-0.3, -0.25) is 14.9 Å². The SMILES string of the molecule is CCOCC1CC(=O)NC1=O. The molecule has 1 rings (SSSR count). The van der Waals surface area contributed by atoms with E-state index in [1.807, 2.05) is 6.92 Å². The summed E-state index contributed by atoms with van der Waals surface area (Å²) < 4.78 is 5.02. The van der Waals surface area contributed by atoms with E-state index in [-0.39, 0.29) is 24.2 Å². The maximum atomic E-state index is 10.9. The molecule has 62 valence electrons. The molecule has 11 heavy (non-hydrogen) atoms. The van der Waals surface area contributed by atoms with Crippen molar-refractivity contribution in [3.63, 3.8) is 0 Å². The van der Waals surface area contributed by atoms with Gasteiger partial charge in [-0.25, -0.2) is 0 Å². The van der Waals surface area contributed by atoms with Gasteiger partial charge in [-0.2, -0.15) is 0 Å². The number of nitrogens with one attached hydrogen (secondary N) is 1. The lowest BCUT2D eigenvalue weighted by Gasteiger charge is -2.03. The zero-order valence-corrected chi connectivity index (χ0v) is 6.42. The standard InChI is InChI=1S/C7H11NO3/c1-2-11-4-5-3-6(9)8-7(5)10/h5H,2-4H2,1H3,(H,8,9,10). The van der Waals surface area contributed by atoms with Gasteiger partial charge < -0.3 is 4.74 Å². The molecule has 0 bridgehead atoms. The molecule has 0 aromatic rings. The molecule has 1 atom stereocenters. The topological polar surface area (TPSA) is 55.4 Å². The summed E-state index contributed by atoms with van der Waals surface area (Å²) >= 11 is 0. The maximum Gasteiger partial charge on any atom is 0.232 e. The highest BCUT2D eigenvalue weighted by atomic mass is 16.5. The quantitative estimate of drug-likeness (QED) is 0.571. The molecular weight excluding hydrogens is 146 g/mol. The minimum atomic E-state index is -0.262. The predicted molar refractivity (Wildman–Crippen MR) is 37.7 cm³/mol. The van der Waals surface area contributed by atoms with E-state index in [1.54, 1.807) is 0 Å². The van der Waals surface area contributed by atoms with Crippen molar-refractivity contribution in [3.05, 3.63) is 0 Å². The summed E-state index contributed by atoms with van der Waals surface area (Å²) in [5.41, 5.74) is 0. The second kappa shape index (κ2) is 3.48. The average molecular weight is 157 g/mol. The fraction of sp³-hybridized carbons (Fsp3) is 0.714. The van der Waals surface area contributed by atoms with Crippen LogP contribution in [0.4, 0.5) is 0 Å². The van der Waals surface area contributed by atoms with E-state index < -0.39 is 0 Å². The summed E-state index contributed by atoms with van der Waals surface area (Å²) in [6, 6.07) is 0. The maximum absolute atomic E-state index is 10.9. The van der Waals surface area contributed by atoms with Crippen LogP contribution >= 0.6 is 0 Å². The number of imide groups is 1. The van der Waals surface area contributed by atoms with Crippen molar-refractivity contribution in [2.24, 2.45) is 5.92 Å². The summed E-state index contributed by atoms with van der Waals surface area (Å²) in [4.78, 5) is 21.5. The monoisotopic (exact) mass is 157 g/mol. The van der Waals surface area contributed by atoms with Crippen molar-refractivity contribution in [1.29, 1.82) is 0 Å². The molecule has 0 aliphatic carbocycles. The van der Waals surface area contributed by atoms with E-state index in [9.17, 15) is 9.59 Å². The van der Waals surface area contributed by atoms with Crippen molar-refractivity contribution in [2.45, 2.75) is 13.3 Å². The van der Waals surface area contributed by atoms with Crippen molar-refractivity contribution in [2.75, 3.05) is 13.2 Å². The summed E-state index contributed by atoms with van der Waals surface area (Å²) in [7, 11) is 0. The average Bonchev–Trinajstić information content (AvgIpc) is 2.26. The first kappa shape index (κ1) is 8.20. The van der Waals surface area contributed by atoms with E-state index in [1.165, 1.54) is 0 Å². The van der Waals surface area contributed by atoms with Gasteiger partial charge in [0, 0.05) is 13.0 Å². The lowest BCUT2D eigenvalue weighted by Crippen LogP contribution is -2.24. The summed E-state index contributed by atoms with van der Waals surface area (Å²) in [5.74, 6) is -0.661. The molecule has 0 aromatic carbocycles. The van der Waals surface area contributed by atoms with Gasteiger partial charge in [0.05, 0.1) is 12.5 Å². The summed E-state index contributed by atoms with van der Waals surface area (Å²) in [5, 5.41) is 2.22. The molecule has 0 aromatic heterocycles. The Morgan fingerprint density at radius 3 is 2.82 bits per heavy atom. The van der Waals surface area contributed by atoms with Gasteiger partial charge in [0.2, 0.25) is 11.8 Å². The smallest absolute Gasteiger partial charge is 0.232 e. The number of carbonyl (C=O) groups is 2. The first-order valence-electron chi connectivity index (χ1n) is 3.65. The van der Waals surface area contributed by atoms with Crippen LogP contribution in [0.3, 0.4) is 0 Å². The molecule has 0 saturated carbocycles. The molecule has 1 aliphatic rings. The van der Waals surface area contributed by atoms with E-state index in [4.69, 9.17) is 4.74 Å². The van der Waals surface area contributed by atoms with Crippen molar-refractivity contribution >= 4 is 11.8 Å². The fourth-order valence-corrected chi connectivity index (χ4v) is 1.00. The van der Waals surface area contributed by atoms with Crippen LogP contribution < -0.4 is 5.32 Å². The Bertz CT molecular complexity index is 179. The Balaban J connectivity index is 2.34. The van der Waals surface area contributed by atoms with E-state index in [0.29, 0.717) is 13.2 Å². The molecule has 4 nitrogen and oxygen atoms in total. The number of ether oxygens (including phenoxy) is 1. The molecule has 0 spiro atoms. The number of rotatable bonds is 3. The van der Waals surface area contributed by atoms with Crippen LogP contribution in [0.1, 0.15) is 13.3 Å². The molecule has 4 heteroatoms. The lowest BCUT2D eigenvalue weighted by molar-refractivity contribution is -0.126. The van der Waals surface area contributed by atoms with Crippen LogP contribution in [0, 0.1) is 5.92 Å². The second-order valence-electron chi connectivity index (χ2n) is 2.47. The van der Waals surface area contributed by atoms with Gasteiger partial charge in [0.25, 0.3) is 0 Å². The number of carbonyl (C=O) groups excluding carboxylic acids is 2. The molecule has 1 N–H and O–H groups in total. The molecule has 0 radical (unpaired) electrons. The summed E-state index contributed by atoms with van der Waals surface area (Å²) in [6.45, 7) is 2.79. The second-order valence-corrected chi connectivity index (χ2v) is 2.47. The molecule has 1 aliphatic heterocycles. The van der Waals surface area contributed by atoms with Crippen LogP contribution in [0.5, 0.6) is 0 Å². The zero-order chi connectivity index (χ0) is 8.27. The molecule has 1 saturated heterocycles. The van der Waals surface area contributed by atoms with Crippen LogP contribution in [-0.2, 0) is 14.3 Å². The van der Waals surface area contributed by atoms with E-state index >= 15 is 0 Å². The van der Waals surface area contributed by atoms with Crippen molar-refractivity contribution < 1.29 is 14.3 Å². The minimum absolute atomic E-state index is 0.195. The van der Waals surface area contributed by atoms with Gasteiger partial charge >= 0.3 is 0 Å². The van der Waals surface area contributed by atoms with Gasteiger partial charge in [-0.15, -0.1) is 0 Å². The van der Waals surface area contributed by atoms with Gasteiger partial charge in [0.15, 0.2) is 0 Å². The highest BCUT2D eigenvalue weighted by molar-refractivity contribution is 6.03. The molecule has 1 heterocycles. The Labute approximate surface area is 64.9 Å². The number of amides is 2. The fourth-order valence-electron chi connectivity index (χ4n) is 1.00. The molecule has 1 unspecified atom stereocenters. The van der Waals surface area contributed by atoms with Crippen LogP contribution in [0.25, 0.3) is 0 Å². The highest BCUT2D eigenvalue weighted by Gasteiger charge is 2.30. The van der Waals surface area contributed by atoms with Crippen molar-refractivity contribution in [1.82, 2.24) is 5.32 Å². The first-order valence-corrected chi connectivity index (χ1v) is 3.65. The van der Waals surface area contributed by atoms with Gasteiger partial charge in [-0.1, -0.05) is 0 Å². The predicted octanol–water partition coefficient (Wildman–Crippen LogP) is -0.314. The van der Waals surface area contributed by atoms with Crippen molar-refractivity contribution in [3.8, 4) is 0 Å². The third-order valence-electron chi connectivity index (χ3n) is 1.59. The van der Waals surface area contributed by atoms with Crippen LogP contribution in [0.2, 0.25) is 0 Å². The van der Waals surface area contributed by atoms with Crippen LogP contribution in [-0.4, -0.2) is 25.0 Å². The zero-order valence-electron chi connectivity index (χ0n) is 6.42. The Hall–Kier alpha value is -0.900. The minimum Gasteiger partial charge on any atom is -0.381 e. The number of hydrogen-bond donors (Lipinski definition) is 1. The molecule has 1 fully saturated rings. The Kier molecular flexibility index (Phi) is 2.59. The Morgan fingerprint density at radius 1 is 1.64 bits per heavy atom. The van der Waals surface area contributed by atoms with Gasteiger partial charge in [-0.05, 0) is 6.92 Å². The molecule has 2 amide bonds. The number of hydrogen-bond acceptors (Lipinski definition) is 3. The normalized spacial score (nSPS) is 23.9. The van der Waals surface area contributed by atoms with E-state index in [2.05, 4.69) is 5.32 Å². The van der Waals surface area contributed by atoms with Crippen LogP contribution in [0.15, 0.2) is 0 Å².